The Morgan fingerprint density at radius 2 is 2.15 bits per heavy atom. The van der Waals surface area contributed by atoms with E-state index in [1.807, 2.05) is 31.2 Å². The summed E-state index contributed by atoms with van der Waals surface area (Å²) in [7, 11) is 0. The van der Waals surface area contributed by atoms with E-state index in [4.69, 9.17) is 15.1 Å². The molecule has 0 aliphatic heterocycles. The summed E-state index contributed by atoms with van der Waals surface area (Å²) in [5.74, 6) is -0.599. The highest BCUT2D eigenvalue weighted by molar-refractivity contribution is 5.81. The van der Waals surface area contributed by atoms with Crippen molar-refractivity contribution in [2.24, 2.45) is 5.16 Å². The Morgan fingerprint density at radius 3 is 2.75 bits per heavy atom. The molecule has 1 rings (SSSR count). The van der Waals surface area contributed by atoms with Crippen LogP contribution in [0.15, 0.2) is 41.8 Å². The maximum absolute atomic E-state index is 11.3. The van der Waals surface area contributed by atoms with Crippen molar-refractivity contribution < 1.29 is 19.8 Å². The zero-order chi connectivity index (χ0) is 14.8. The van der Waals surface area contributed by atoms with E-state index in [1.54, 1.807) is 12.3 Å². The molecule has 3 N–H and O–H groups in total. The van der Waals surface area contributed by atoms with Gasteiger partial charge in [-0.25, -0.2) is 0 Å². The number of nitrogens with zero attached hydrogens (tertiary/aromatic N) is 1. The Balaban J connectivity index is 2.46. The van der Waals surface area contributed by atoms with Crippen LogP contribution in [0.3, 0.4) is 0 Å². The van der Waals surface area contributed by atoms with Gasteiger partial charge in [0.05, 0.1) is 12.8 Å². The Hall–Kier alpha value is -2.18. The molecule has 1 aromatic rings. The second-order valence-corrected chi connectivity index (χ2v) is 3.97. The van der Waals surface area contributed by atoms with Gasteiger partial charge >= 0.3 is 0 Å². The lowest BCUT2D eigenvalue weighted by Crippen LogP contribution is -2.36. The summed E-state index contributed by atoms with van der Waals surface area (Å²) >= 11 is 0. The minimum atomic E-state index is -1.38. The minimum absolute atomic E-state index is 0.280. The molecule has 0 radical (unpaired) electrons. The zero-order valence-electron chi connectivity index (χ0n) is 11.2. The van der Waals surface area contributed by atoms with Gasteiger partial charge in [0.2, 0.25) is 0 Å². The van der Waals surface area contributed by atoms with Crippen LogP contribution in [0.1, 0.15) is 18.1 Å². The number of carbonyl (C=O) groups is 1. The van der Waals surface area contributed by atoms with E-state index in [0.29, 0.717) is 0 Å². The van der Waals surface area contributed by atoms with E-state index < -0.39 is 18.6 Å². The van der Waals surface area contributed by atoms with Crippen LogP contribution in [-0.4, -0.2) is 35.0 Å². The van der Waals surface area contributed by atoms with Crippen LogP contribution in [0.5, 0.6) is 0 Å². The molecule has 0 fully saturated rings. The second kappa shape index (κ2) is 8.84. The first-order chi connectivity index (χ1) is 9.67. The highest BCUT2D eigenvalue weighted by Gasteiger charge is 2.12. The largest absolute Gasteiger partial charge is 0.393 e. The van der Waals surface area contributed by atoms with E-state index in [-0.39, 0.29) is 6.54 Å². The van der Waals surface area contributed by atoms with Gasteiger partial charge < -0.3 is 20.4 Å². The lowest BCUT2D eigenvalue weighted by atomic mass is 10.1. The van der Waals surface area contributed by atoms with E-state index >= 15 is 0 Å². The van der Waals surface area contributed by atoms with Crippen LogP contribution in [0.25, 0.3) is 0 Å². The van der Waals surface area contributed by atoms with E-state index in [1.165, 1.54) is 6.26 Å². The Bertz CT molecular complexity index is 469. The topological polar surface area (TPSA) is 91.2 Å². The number of oxime groups is 1. The Kier molecular flexibility index (Phi) is 7.02. The molecule has 0 saturated heterocycles. The molecule has 1 unspecified atom stereocenters. The first-order valence-electron chi connectivity index (χ1n) is 6.13. The van der Waals surface area contributed by atoms with Gasteiger partial charge in [0.15, 0.2) is 6.10 Å². The molecule has 0 heterocycles. The monoisotopic (exact) mass is 278 g/mol. The van der Waals surface area contributed by atoms with Crippen molar-refractivity contribution in [2.45, 2.75) is 19.6 Å². The summed E-state index contributed by atoms with van der Waals surface area (Å²) in [6.45, 7) is 1.52. The van der Waals surface area contributed by atoms with Crippen molar-refractivity contribution in [1.29, 1.82) is 0 Å². The molecule has 6 heteroatoms. The first kappa shape index (κ1) is 15.9. The summed E-state index contributed by atoms with van der Waals surface area (Å²) in [5, 5.41) is 23.9. The fourth-order valence-corrected chi connectivity index (χ4v) is 1.30. The van der Waals surface area contributed by atoms with Crippen molar-refractivity contribution in [3.8, 4) is 0 Å². The summed E-state index contributed by atoms with van der Waals surface area (Å²) in [5.41, 5.74) is 1.73. The highest BCUT2D eigenvalue weighted by atomic mass is 16.6. The molecule has 1 atom stereocenters. The van der Waals surface area contributed by atoms with Crippen LogP contribution >= 0.6 is 0 Å². The maximum Gasteiger partial charge on any atom is 0.251 e. The van der Waals surface area contributed by atoms with Gasteiger partial charge in [0, 0.05) is 6.54 Å². The summed E-state index contributed by atoms with van der Waals surface area (Å²) in [6, 6.07) is 7.30. The van der Waals surface area contributed by atoms with E-state index in [0.717, 1.165) is 11.1 Å². The number of hydrogen-bond donors (Lipinski definition) is 3. The molecule has 0 aromatic heterocycles. The highest BCUT2D eigenvalue weighted by Crippen LogP contribution is 2.02. The Morgan fingerprint density at radius 1 is 1.45 bits per heavy atom. The molecule has 20 heavy (non-hydrogen) atoms. The quantitative estimate of drug-likeness (QED) is 0.386. The van der Waals surface area contributed by atoms with Crippen molar-refractivity contribution >= 4 is 12.1 Å². The molecule has 108 valence electrons. The SMILES string of the molecule is C/C=C\O/N=C/c1ccc(CNC(=O)C(O)CO)cc1. The van der Waals surface area contributed by atoms with Gasteiger partial charge in [-0.3, -0.25) is 4.79 Å². The second-order valence-electron chi connectivity index (χ2n) is 3.97. The molecular formula is C14H18N2O4. The molecule has 0 spiro atoms. The molecule has 0 aliphatic carbocycles. The standard InChI is InChI=1S/C14H18N2O4/c1-2-7-20-16-9-12-5-3-11(4-6-12)8-15-14(19)13(18)10-17/h2-7,9,13,17-18H,8,10H2,1H3,(H,15,19)/b7-2-,16-9+. The summed E-state index contributed by atoms with van der Waals surface area (Å²) in [4.78, 5) is 16.1. The number of aliphatic hydroxyl groups excluding tert-OH is 2. The molecule has 0 bridgehead atoms. The van der Waals surface area contributed by atoms with Crippen molar-refractivity contribution in [3.63, 3.8) is 0 Å². The van der Waals surface area contributed by atoms with Crippen LogP contribution in [-0.2, 0) is 16.2 Å². The third-order valence-corrected chi connectivity index (χ3v) is 2.38. The van der Waals surface area contributed by atoms with Crippen LogP contribution in [0, 0.1) is 0 Å². The Labute approximate surface area is 117 Å². The predicted octanol–water partition coefficient (Wildman–Crippen LogP) is 0.540. The number of rotatable bonds is 7. The van der Waals surface area contributed by atoms with Gasteiger partial charge in [0.25, 0.3) is 5.91 Å². The minimum Gasteiger partial charge on any atom is -0.393 e. The number of nitrogens with one attached hydrogen (secondary N) is 1. The van der Waals surface area contributed by atoms with Crippen LogP contribution in [0.4, 0.5) is 0 Å². The fourth-order valence-electron chi connectivity index (χ4n) is 1.30. The normalized spacial score (nSPS) is 12.8. The van der Waals surface area contributed by atoms with Crippen LogP contribution < -0.4 is 5.32 Å². The molecule has 1 aromatic carbocycles. The lowest BCUT2D eigenvalue weighted by molar-refractivity contribution is -0.131. The number of amides is 1. The third-order valence-electron chi connectivity index (χ3n) is 2.38. The molecule has 0 aliphatic rings. The number of benzene rings is 1. The number of carbonyl (C=O) groups excluding carboxylic acids is 1. The zero-order valence-corrected chi connectivity index (χ0v) is 11.2. The average molecular weight is 278 g/mol. The fraction of sp³-hybridized carbons (Fsp3) is 0.286. The predicted molar refractivity (Wildman–Crippen MR) is 74.9 cm³/mol. The van der Waals surface area contributed by atoms with Gasteiger partial charge in [-0.05, 0) is 24.1 Å². The number of hydrogen-bond acceptors (Lipinski definition) is 5. The van der Waals surface area contributed by atoms with E-state index in [2.05, 4.69) is 10.5 Å². The lowest BCUT2D eigenvalue weighted by Gasteiger charge is -2.08. The van der Waals surface area contributed by atoms with Gasteiger partial charge in [-0.1, -0.05) is 29.4 Å². The van der Waals surface area contributed by atoms with Gasteiger partial charge in [0.1, 0.15) is 6.26 Å². The first-order valence-corrected chi connectivity index (χ1v) is 6.13. The molecule has 1 amide bonds. The average Bonchev–Trinajstić information content (AvgIpc) is 2.49. The van der Waals surface area contributed by atoms with Gasteiger partial charge in [-0.15, -0.1) is 0 Å². The smallest absolute Gasteiger partial charge is 0.251 e. The van der Waals surface area contributed by atoms with Crippen LogP contribution in [0.2, 0.25) is 0 Å². The maximum atomic E-state index is 11.3. The van der Waals surface area contributed by atoms with Crippen molar-refractivity contribution in [1.82, 2.24) is 5.32 Å². The number of allylic oxidation sites excluding steroid dienone is 1. The van der Waals surface area contributed by atoms with Crippen molar-refractivity contribution in [3.05, 3.63) is 47.7 Å². The molecular weight excluding hydrogens is 260 g/mol. The third kappa shape index (κ3) is 5.64. The van der Waals surface area contributed by atoms with Crippen molar-refractivity contribution in [2.75, 3.05) is 6.61 Å². The van der Waals surface area contributed by atoms with E-state index in [9.17, 15) is 4.79 Å². The number of aliphatic hydroxyl groups is 2. The summed E-state index contributed by atoms with van der Waals surface area (Å²) in [6.07, 6.45) is 3.37. The molecule has 6 nitrogen and oxygen atoms in total. The molecule has 0 saturated carbocycles. The van der Waals surface area contributed by atoms with Gasteiger partial charge in [-0.2, -0.15) is 0 Å². The summed E-state index contributed by atoms with van der Waals surface area (Å²) < 4.78 is 0.